The Labute approximate surface area is 311 Å². The molecule has 2 saturated heterocycles. The van der Waals surface area contributed by atoms with Gasteiger partial charge in [0.05, 0.1) is 43.4 Å². The molecule has 2 aromatic heterocycles. The summed E-state index contributed by atoms with van der Waals surface area (Å²) in [7, 11) is 3.30. The van der Waals surface area contributed by atoms with Crippen molar-refractivity contribution in [3.8, 4) is 22.9 Å². The molecule has 2 fully saturated rings. The molecule has 0 saturated carbocycles. The van der Waals surface area contributed by atoms with Crippen LogP contribution in [0.1, 0.15) is 68.6 Å². The highest BCUT2D eigenvalue weighted by atomic mass is 19.4. The third-order valence-electron chi connectivity index (χ3n) is 10.3. The predicted octanol–water partition coefficient (Wildman–Crippen LogP) is 6.96. The number of benzene rings is 1. The molecule has 3 aliphatic rings. The number of carbonyl (C=O) groups excluding carboxylic acids is 1. The fourth-order valence-corrected chi connectivity index (χ4v) is 7.52. The van der Waals surface area contributed by atoms with E-state index in [9.17, 15) is 18.0 Å². The van der Waals surface area contributed by atoms with E-state index in [2.05, 4.69) is 26.3 Å². The van der Waals surface area contributed by atoms with Crippen LogP contribution in [0.15, 0.2) is 48.7 Å². The predicted molar refractivity (Wildman–Crippen MR) is 199 cm³/mol. The first-order valence-electron chi connectivity index (χ1n) is 18.6. The fourth-order valence-electron chi connectivity index (χ4n) is 7.52. The first-order chi connectivity index (χ1) is 25.5. The molecule has 1 spiro atoms. The number of methoxy groups -OCH3 is 2. The molecule has 10 nitrogen and oxygen atoms in total. The van der Waals surface area contributed by atoms with Gasteiger partial charge in [0.1, 0.15) is 17.0 Å². The van der Waals surface area contributed by atoms with Gasteiger partial charge in [-0.05, 0) is 74.5 Å². The summed E-state index contributed by atoms with van der Waals surface area (Å²) in [6, 6.07) is 12.3. The van der Waals surface area contributed by atoms with E-state index in [0.717, 1.165) is 31.6 Å². The number of likely N-dealkylation sites (N-methyl/N-ethyl adjacent to an activating group) is 1. The molecule has 0 radical (unpaired) electrons. The fraction of sp³-hybridized carbons (Fsp3) is 0.575. The number of likely N-dealkylation sites (tertiary alicyclic amines) is 1. The van der Waals surface area contributed by atoms with Crippen molar-refractivity contribution in [2.45, 2.75) is 64.6 Å². The number of piperidine rings is 1. The van der Waals surface area contributed by atoms with Crippen molar-refractivity contribution in [3.63, 3.8) is 0 Å². The minimum Gasteiger partial charge on any atom is -0.493 e. The van der Waals surface area contributed by atoms with Gasteiger partial charge in [0.25, 0.3) is 5.91 Å². The molecule has 0 bridgehead atoms. The number of pyridine rings is 2. The Morgan fingerprint density at radius 2 is 1.70 bits per heavy atom. The van der Waals surface area contributed by atoms with Crippen molar-refractivity contribution in [1.29, 1.82) is 0 Å². The van der Waals surface area contributed by atoms with Gasteiger partial charge < -0.3 is 33.6 Å². The van der Waals surface area contributed by atoms with Gasteiger partial charge in [-0.1, -0.05) is 32.9 Å². The zero-order valence-corrected chi connectivity index (χ0v) is 31.9. The number of nitrogens with zero attached hydrogens (tertiary/aromatic N) is 5. The average molecular weight is 742 g/mol. The number of carbonyl (C=O) groups is 1. The van der Waals surface area contributed by atoms with Crippen LogP contribution in [0.2, 0.25) is 0 Å². The van der Waals surface area contributed by atoms with Crippen molar-refractivity contribution >= 4 is 11.6 Å². The molecule has 3 aromatic rings. The maximum Gasteiger partial charge on any atom is 0.421 e. The number of amides is 1. The standard InChI is InChI=1S/C36H44F3N5O3.C4H10O2/c1-5-42-18-14-25(21-42)44-23-35(27-12-13-28(41-32(27)34(44)45)26-9-8-17-40-33(26)46-6-2)15-19-43(20-16-35)29-10-7-11-30(47-22-24(3)4)31(29)36(37,38)39;1-5-3-4-6-2/h7-13,17,24-25H,5-6,14-16,18-23H2,1-4H3;3-4H2,1-2H3. The molecule has 3 aliphatic heterocycles. The van der Waals surface area contributed by atoms with Crippen LogP contribution in [0.3, 0.4) is 0 Å². The van der Waals surface area contributed by atoms with Gasteiger partial charge in [0, 0.05) is 64.6 Å². The Morgan fingerprint density at radius 1 is 0.962 bits per heavy atom. The smallest absolute Gasteiger partial charge is 0.421 e. The number of rotatable bonds is 12. The molecule has 53 heavy (non-hydrogen) atoms. The Bertz CT molecular complexity index is 1660. The maximum atomic E-state index is 14.5. The largest absolute Gasteiger partial charge is 0.493 e. The number of anilines is 1. The van der Waals surface area contributed by atoms with E-state index in [1.54, 1.807) is 32.5 Å². The van der Waals surface area contributed by atoms with E-state index in [1.807, 2.05) is 54.8 Å². The third kappa shape index (κ3) is 9.24. The number of aromatic nitrogens is 2. The molecule has 5 heterocycles. The summed E-state index contributed by atoms with van der Waals surface area (Å²) in [6.07, 6.45) is -0.856. The highest BCUT2D eigenvalue weighted by Crippen LogP contribution is 2.47. The van der Waals surface area contributed by atoms with Gasteiger partial charge >= 0.3 is 6.18 Å². The summed E-state index contributed by atoms with van der Waals surface area (Å²) in [5.74, 6) is 0.326. The highest BCUT2D eigenvalue weighted by Gasteiger charge is 2.49. The van der Waals surface area contributed by atoms with Crippen molar-refractivity contribution in [3.05, 3.63) is 65.5 Å². The number of halogens is 3. The van der Waals surface area contributed by atoms with E-state index >= 15 is 0 Å². The third-order valence-corrected chi connectivity index (χ3v) is 10.3. The van der Waals surface area contributed by atoms with Gasteiger partial charge in [0.15, 0.2) is 0 Å². The first kappa shape index (κ1) is 40.2. The molecular weight excluding hydrogens is 687 g/mol. The zero-order valence-electron chi connectivity index (χ0n) is 31.9. The van der Waals surface area contributed by atoms with Crippen molar-refractivity contribution < 1.29 is 36.9 Å². The second-order valence-electron chi connectivity index (χ2n) is 14.3. The lowest BCUT2D eigenvalue weighted by molar-refractivity contribution is -0.138. The lowest BCUT2D eigenvalue weighted by Crippen LogP contribution is -2.57. The molecule has 0 aliphatic carbocycles. The zero-order chi connectivity index (χ0) is 38.2. The number of hydrogen-bond acceptors (Lipinski definition) is 9. The Hall–Kier alpha value is -3.94. The number of ether oxygens (including phenoxy) is 4. The first-order valence-corrected chi connectivity index (χ1v) is 18.6. The lowest BCUT2D eigenvalue weighted by atomic mass is 9.69. The molecule has 1 atom stereocenters. The van der Waals surface area contributed by atoms with E-state index < -0.39 is 17.2 Å². The minimum absolute atomic E-state index is 0.0555. The normalized spacial score (nSPS) is 18.6. The minimum atomic E-state index is -4.57. The number of hydrogen-bond donors (Lipinski definition) is 0. The molecule has 6 rings (SSSR count). The van der Waals surface area contributed by atoms with Crippen LogP contribution in [0.25, 0.3) is 11.3 Å². The van der Waals surface area contributed by atoms with E-state index in [4.69, 9.17) is 14.5 Å². The Morgan fingerprint density at radius 3 is 2.32 bits per heavy atom. The van der Waals surface area contributed by atoms with Crippen LogP contribution in [0, 0.1) is 5.92 Å². The summed E-state index contributed by atoms with van der Waals surface area (Å²) >= 11 is 0. The lowest BCUT2D eigenvalue weighted by Gasteiger charge is -2.50. The van der Waals surface area contributed by atoms with Crippen LogP contribution in [0.5, 0.6) is 11.6 Å². The Balaban J connectivity index is 0.000000833. The molecule has 1 unspecified atom stereocenters. The van der Waals surface area contributed by atoms with Crippen molar-refractivity contribution in [2.24, 2.45) is 5.92 Å². The van der Waals surface area contributed by atoms with Crippen LogP contribution in [-0.4, -0.2) is 112 Å². The highest BCUT2D eigenvalue weighted by molar-refractivity contribution is 5.96. The van der Waals surface area contributed by atoms with E-state index in [-0.39, 0.29) is 35.9 Å². The number of alkyl halides is 3. The van der Waals surface area contributed by atoms with Crippen LogP contribution >= 0.6 is 0 Å². The molecule has 1 amide bonds. The van der Waals surface area contributed by atoms with Crippen molar-refractivity contribution in [2.75, 3.05) is 84.8 Å². The summed E-state index contributed by atoms with van der Waals surface area (Å²) in [5, 5.41) is 0. The van der Waals surface area contributed by atoms with Gasteiger partial charge in [-0.2, -0.15) is 13.2 Å². The second-order valence-corrected chi connectivity index (χ2v) is 14.3. The molecule has 0 N–H and O–H groups in total. The second kappa shape index (κ2) is 17.9. The summed E-state index contributed by atoms with van der Waals surface area (Å²) in [6.45, 7) is 13.8. The summed E-state index contributed by atoms with van der Waals surface area (Å²) < 4.78 is 64.4. The van der Waals surface area contributed by atoms with Crippen LogP contribution < -0.4 is 14.4 Å². The van der Waals surface area contributed by atoms with Gasteiger partial charge in [-0.25, -0.2) is 9.97 Å². The van der Waals surface area contributed by atoms with E-state index in [0.29, 0.717) is 75.1 Å². The maximum absolute atomic E-state index is 14.5. The topological polar surface area (TPSA) is 89.5 Å². The van der Waals surface area contributed by atoms with Gasteiger partial charge in [-0.15, -0.1) is 0 Å². The van der Waals surface area contributed by atoms with Gasteiger partial charge in [0.2, 0.25) is 5.88 Å². The van der Waals surface area contributed by atoms with Gasteiger partial charge in [-0.3, -0.25) is 4.79 Å². The van der Waals surface area contributed by atoms with Crippen molar-refractivity contribution in [1.82, 2.24) is 19.8 Å². The number of fused-ring (bicyclic) bond motifs is 2. The molecular formula is C40H54F3N5O5. The molecule has 290 valence electrons. The van der Waals surface area contributed by atoms with E-state index in [1.165, 1.54) is 6.07 Å². The molecule has 13 heteroatoms. The Kier molecular flexibility index (Phi) is 13.6. The molecule has 1 aromatic carbocycles. The monoisotopic (exact) mass is 741 g/mol. The average Bonchev–Trinajstić information content (AvgIpc) is 3.64. The SMILES string of the molecule is CCOc1ncccc1-c1ccc2c(n1)C(=O)N(C1CCN(CC)C1)CC21CCN(c2cccc(OCC(C)C)c2C(F)(F)F)CC1.COCCOC. The summed E-state index contributed by atoms with van der Waals surface area (Å²) in [5.41, 5.74) is 1.59. The van der Waals surface area contributed by atoms with Crippen LogP contribution in [-0.2, 0) is 21.1 Å². The van der Waals surface area contributed by atoms with Crippen LogP contribution in [0.4, 0.5) is 18.9 Å². The quantitative estimate of drug-likeness (QED) is 0.183. The summed E-state index contributed by atoms with van der Waals surface area (Å²) in [4.78, 5) is 29.8.